The van der Waals surface area contributed by atoms with Crippen molar-refractivity contribution in [1.29, 1.82) is 0 Å². The fraction of sp³-hybridized carbons (Fsp3) is 0.700. The minimum absolute atomic E-state index is 0.0292. The lowest BCUT2D eigenvalue weighted by molar-refractivity contribution is 0.321. The maximum Gasteiger partial charge on any atom is 0.112 e. The van der Waals surface area contributed by atoms with Crippen LogP contribution in [-0.2, 0) is 18.4 Å². The third kappa shape index (κ3) is 18.1. The molecule has 0 amide bonds. The molecule has 3 rings (SSSR count). The molecule has 0 N–H and O–H groups in total. The van der Waals surface area contributed by atoms with Crippen molar-refractivity contribution in [2.45, 2.75) is 225 Å². The number of rotatable bonds is 34. The van der Waals surface area contributed by atoms with E-state index in [2.05, 4.69) is 98.4 Å². The maximum atomic E-state index is 5.17. The van der Waals surface area contributed by atoms with Gasteiger partial charge in [0.1, 0.15) is 5.82 Å². The summed E-state index contributed by atoms with van der Waals surface area (Å²) >= 11 is 0. The van der Waals surface area contributed by atoms with Gasteiger partial charge < -0.3 is 4.57 Å². The fourth-order valence-corrected chi connectivity index (χ4v) is 8.66. The summed E-state index contributed by atoms with van der Waals surface area (Å²) in [6.45, 7) is 8.25. The highest BCUT2D eigenvalue weighted by Crippen LogP contribution is 2.44. The zero-order chi connectivity index (χ0) is 36.8. The monoisotopic (exact) mass is 711 g/mol. The van der Waals surface area contributed by atoms with Crippen LogP contribution in [0.15, 0.2) is 73.1 Å². The predicted octanol–water partition coefficient (Wildman–Crippen LogP) is 16.1. The number of hydrogen-bond acceptors (Lipinski definition) is 1. The molecule has 1 aromatic heterocycles. The van der Waals surface area contributed by atoms with Crippen molar-refractivity contribution in [3.63, 3.8) is 0 Å². The van der Waals surface area contributed by atoms with Crippen LogP contribution in [0.2, 0.25) is 0 Å². The number of unbranched alkanes of at least 4 members (excludes halogenated alkanes) is 25. The zero-order valence-electron chi connectivity index (χ0n) is 34.6. The quantitative estimate of drug-likeness (QED) is 0.0564. The molecule has 0 aliphatic heterocycles. The molecule has 2 heteroatoms. The normalized spacial score (nSPS) is 13.4. The lowest BCUT2D eigenvalue weighted by Crippen LogP contribution is -2.35. The highest BCUT2D eigenvalue weighted by Gasteiger charge is 2.39. The molecular formula is C50H82N2. The van der Waals surface area contributed by atoms with Crippen molar-refractivity contribution in [1.82, 2.24) is 9.55 Å². The lowest BCUT2D eigenvalue weighted by Gasteiger charge is -2.39. The van der Waals surface area contributed by atoms with E-state index in [4.69, 9.17) is 4.98 Å². The molecule has 0 bridgehead atoms. The first-order chi connectivity index (χ1) is 25.7. The number of nitrogens with zero attached hydrogens (tertiary/aromatic N) is 2. The summed E-state index contributed by atoms with van der Waals surface area (Å²) < 4.78 is 2.54. The van der Waals surface area contributed by atoms with Gasteiger partial charge in [0, 0.05) is 30.3 Å². The van der Waals surface area contributed by atoms with E-state index in [1.807, 2.05) is 0 Å². The summed E-state index contributed by atoms with van der Waals surface area (Å²) in [7, 11) is 0. The van der Waals surface area contributed by atoms with E-state index < -0.39 is 0 Å². The van der Waals surface area contributed by atoms with Gasteiger partial charge in [0.25, 0.3) is 0 Å². The minimum atomic E-state index is -0.0292. The van der Waals surface area contributed by atoms with Crippen molar-refractivity contribution in [3.8, 4) is 0 Å². The van der Waals surface area contributed by atoms with Gasteiger partial charge in [-0.05, 0) is 30.4 Å². The largest absolute Gasteiger partial charge is 0.335 e. The van der Waals surface area contributed by atoms with E-state index in [0.717, 1.165) is 13.0 Å². The van der Waals surface area contributed by atoms with Gasteiger partial charge in [0.05, 0.1) is 0 Å². The predicted molar refractivity (Wildman–Crippen MR) is 230 cm³/mol. The molecule has 0 saturated heterocycles. The fourth-order valence-electron chi connectivity index (χ4n) is 8.66. The Labute approximate surface area is 323 Å². The number of aryl methyl sites for hydroxylation is 1. The SMILES string of the molecule is CCCCCCCCCCCCCCCCCCCC(c1nccn1CCCCCCCCCCCC)C(C)(Cc1ccccc1)c1ccccc1. The third-order valence-electron chi connectivity index (χ3n) is 12.0. The Morgan fingerprint density at radius 3 is 1.37 bits per heavy atom. The van der Waals surface area contributed by atoms with Crippen LogP contribution in [0, 0.1) is 0 Å². The summed E-state index contributed by atoms with van der Waals surface area (Å²) in [5, 5.41) is 0. The first kappa shape index (κ1) is 44.0. The van der Waals surface area contributed by atoms with Crippen molar-refractivity contribution in [2.75, 3.05) is 0 Å². The second-order valence-corrected chi connectivity index (χ2v) is 16.6. The van der Waals surface area contributed by atoms with Gasteiger partial charge in [-0.3, -0.25) is 0 Å². The molecule has 2 atom stereocenters. The van der Waals surface area contributed by atoms with E-state index >= 15 is 0 Å². The molecule has 0 spiro atoms. The first-order valence-electron chi connectivity index (χ1n) is 22.8. The topological polar surface area (TPSA) is 17.8 Å². The summed E-state index contributed by atoms with van der Waals surface area (Å²) in [6.07, 6.45) is 44.5. The Morgan fingerprint density at radius 1 is 0.500 bits per heavy atom. The van der Waals surface area contributed by atoms with Crippen molar-refractivity contribution in [3.05, 3.63) is 90.0 Å². The van der Waals surface area contributed by atoms with Gasteiger partial charge in [-0.2, -0.15) is 0 Å². The van der Waals surface area contributed by atoms with E-state index in [1.165, 1.54) is 197 Å². The third-order valence-corrected chi connectivity index (χ3v) is 12.0. The summed E-state index contributed by atoms with van der Waals surface area (Å²) in [5.74, 6) is 1.69. The number of imidazole rings is 1. The molecule has 0 aliphatic rings. The summed E-state index contributed by atoms with van der Waals surface area (Å²) in [5.41, 5.74) is 2.84. The molecule has 2 unspecified atom stereocenters. The Bertz CT molecular complexity index is 1200. The van der Waals surface area contributed by atoms with Crippen LogP contribution in [0.3, 0.4) is 0 Å². The van der Waals surface area contributed by atoms with Crippen molar-refractivity contribution in [2.24, 2.45) is 0 Å². The van der Waals surface area contributed by atoms with Crippen LogP contribution in [0.5, 0.6) is 0 Å². The standard InChI is InChI=1S/C50H82N2/c1-4-6-8-10-12-14-16-17-18-19-20-21-22-23-25-27-35-41-48(50(3,47-39-33-30-34-40-47)45-46-37-31-29-32-38-46)49-51-42-44-52(49)43-36-28-26-24-15-13-11-9-7-5-2/h29-34,37-40,42,44,48H,4-28,35-36,41,43,45H2,1-3H3. The van der Waals surface area contributed by atoms with Crippen molar-refractivity contribution < 1.29 is 0 Å². The molecule has 1 heterocycles. The smallest absolute Gasteiger partial charge is 0.112 e. The molecule has 2 aromatic carbocycles. The van der Waals surface area contributed by atoms with Crippen LogP contribution >= 0.6 is 0 Å². The van der Waals surface area contributed by atoms with Gasteiger partial charge in [0.2, 0.25) is 0 Å². The van der Waals surface area contributed by atoms with E-state index in [1.54, 1.807) is 0 Å². The molecule has 0 saturated carbocycles. The molecular weight excluding hydrogens is 629 g/mol. The Hall–Kier alpha value is -2.35. The van der Waals surface area contributed by atoms with Gasteiger partial charge >= 0.3 is 0 Å². The van der Waals surface area contributed by atoms with E-state index in [9.17, 15) is 0 Å². The van der Waals surface area contributed by atoms with Gasteiger partial charge in [-0.15, -0.1) is 0 Å². The molecule has 0 aliphatic carbocycles. The van der Waals surface area contributed by atoms with Crippen LogP contribution in [-0.4, -0.2) is 9.55 Å². The average molecular weight is 711 g/mol. The minimum Gasteiger partial charge on any atom is -0.335 e. The zero-order valence-corrected chi connectivity index (χ0v) is 34.6. The lowest BCUT2D eigenvalue weighted by atomic mass is 9.66. The van der Waals surface area contributed by atoms with E-state index in [-0.39, 0.29) is 5.41 Å². The number of hydrogen-bond donors (Lipinski definition) is 0. The highest BCUT2D eigenvalue weighted by atomic mass is 15.1. The highest BCUT2D eigenvalue weighted by molar-refractivity contribution is 5.33. The van der Waals surface area contributed by atoms with Crippen molar-refractivity contribution >= 4 is 0 Å². The molecule has 52 heavy (non-hydrogen) atoms. The molecule has 2 nitrogen and oxygen atoms in total. The van der Waals surface area contributed by atoms with Gasteiger partial charge in [-0.1, -0.05) is 248 Å². The molecule has 292 valence electrons. The van der Waals surface area contributed by atoms with Gasteiger partial charge in [-0.25, -0.2) is 4.98 Å². The Kier molecular flexibility index (Phi) is 24.6. The van der Waals surface area contributed by atoms with Crippen LogP contribution < -0.4 is 0 Å². The molecule has 0 fully saturated rings. The molecule has 3 aromatic rings. The molecule has 0 radical (unpaired) electrons. The second-order valence-electron chi connectivity index (χ2n) is 16.6. The summed E-state index contributed by atoms with van der Waals surface area (Å²) in [6, 6.07) is 22.6. The van der Waals surface area contributed by atoms with Gasteiger partial charge in [0.15, 0.2) is 0 Å². The first-order valence-corrected chi connectivity index (χ1v) is 22.8. The Morgan fingerprint density at radius 2 is 0.904 bits per heavy atom. The average Bonchev–Trinajstić information content (AvgIpc) is 3.63. The Balaban J connectivity index is 1.50. The van der Waals surface area contributed by atoms with Crippen LogP contribution in [0.4, 0.5) is 0 Å². The van der Waals surface area contributed by atoms with Crippen LogP contribution in [0.25, 0.3) is 0 Å². The number of aromatic nitrogens is 2. The van der Waals surface area contributed by atoms with E-state index in [0.29, 0.717) is 5.92 Å². The summed E-state index contributed by atoms with van der Waals surface area (Å²) in [4.78, 5) is 5.17. The van der Waals surface area contributed by atoms with Crippen LogP contribution in [0.1, 0.15) is 223 Å². The number of benzene rings is 2. The maximum absolute atomic E-state index is 5.17. The second kappa shape index (κ2) is 29.1.